The van der Waals surface area contributed by atoms with Gasteiger partial charge in [0.25, 0.3) is 0 Å². The van der Waals surface area contributed by atoms with Gasteiger partial charge in [-0.05, 0) is 19.2 Å². The van der Waals surface area contributed by atoms with Crippen LogP contribution < -0.4 is 0 Å². The second-order valence-corrected chi connectivity index (χ2v) is 6.46. The summed E-state index contributed by atoms with van der Waals surface area (Å²) in [7, 11) is 2.42. The van der Waals surface area contributed by atoms with E-state index in [1.54, 1.807) is 21.3 Å². The molecule has 0 unspecified atom stereocenters. The number of hydrogen-bond acceptors (Lipinski definition) is 4. The summed E-state index contributed by atoms with van der Waals surface area (Å²) in [6.45, 7) is 3.01. The van der Waals surface area contributed by atoms with Gasteiger partial charge in [0.15, 0.2) is 0 Å². The average molecular weight is 229 g/mol. The first-order chi connectivity index (χ1) is 7.15. The summed E-state index contributed by atoms with van der Waals surface area (Å²) < 4.78 is 16.1. The Morgan fingerprint density at radius 3 is 2.33 bits per heavy atom. The zero-order chi connectivity index (χ0) is 11.3. The van der Waals surface area contributed by atoms with Gasteiger partial charge in [0, 0.05) is 27.9 Å². The quantitative estimate of drug-likeness (QED) is 0.662. The van der Waals surface area contributed by atoms with Crippen molar-refractivity contribution in [3.8, 4) is 0 Å². The molecule has 0 N–H and O–H groups in total. The van der Waals surface area contributed by atoms with Gasteiger partial charge in [0.2, 0.25) is 0 Å². The zero-order valence-electron chi connectivity index (χ0n) is 9.82. The molecule has 0 saturated carbocycles. The molecule has 0 amide bonds. The van der Waals surface area contributed by atoms with E-state index in [4.69, 9.17) is 13.3 Å². The summed E-state index contributed by atoms with van der Waals surface area (Å²) >= 11 is 0. The molecule has 0 saturated heterocycles. The maximum atomic E-state index is 5.37. The van der Waals surface area contributed by atoms with Crippen LogP contribution in [0.5, 0.6) is 0 Å². The molecule has 1 rings (SSSR count). The Morgan fingerprint density at radius 1 is 1.27 bits per heavy atom. The standard InChI is InChI=1S/C10H19NO3Si/c1-10-6-5-7-11(8-10)9-15(12-2,13-3)14-4/h5-7H,8-9H2,1-4H3. The lowest BCUT2D eigenvalue weighted by Gasteiger charge is -2.31. The largest absolute Gasteiger partial charge is 0.520 e. The van der Waals surface area contributed by atoms with Crippen LogP contribution in [0, 0.1) is 0 Å². The SMILES string of the molecule is CO[Si](CN1C=CC=C(C)C1)(OC)OC. The van der Waals surface area contributed by atoms with E-state index in [0.717, 1.165) is 6.54 Å². The molecule has 0 aliphatic carbocycles. The summed E-state index contributed by atoms with van der Waals surface area (Å²) in [6.07, 6.45) is 6.84. The molecule has 1 aliphatic heterocycles. The van der Waals surface area contributed by atoms with Crippen LogP contribution in [-0.4, -0.2) is 47.7 Å². The van der Waals surface area contributed by atoms with Gasteiger partial charge in [-0.1, -0.05) is 11.6 Å². The maximum absolute atomic E-state index is 5.37. The van der Waals surface area contributed by atoms with Gasteiger partial charge in [-0.15, -0.1) is 0 Å². The van der Waals surface area contributed by atoms with Crippen LogP contribution in [0.4, 0.5) is 0 Å². The lowest BCUT2D eigenvalue weighted by atomic mass is 10.2. The smallest absolute Gasteiger partial charge is 0.376 e. The molecular weight excluding hydrogens is 210 g/mol. The van der Waals surface area contributed by atoms with E-state index in [9.17, 15) is 0 Å². The van der Waals surface area contributed by atoms with E-state index in [1.807, 2.05) is 12.3 Å². The van der Waals surface area contributed by atoms with Crippen molar-refractivity contribution in [2.75, 3.05) is 34.0 Å². The first-order valence-corrected chi connectivity index (χ1v) is 6.82. The Kier molecular flexibility index (Phi) is 4.53. The minimum atomic E-state index is -2.49. The summed E-state index contributed by atoms with van der Waals surface area (Å²) in [5.41, 5.74) is 1.32. The van der Waals surface area contributed by atoms with Gasteiger partial charge >= 0.3 is 8.80 Å². The molecule has 0 aromatic heterocycles. The number of nitrogens with zero attached hydrogens (tertiary/aromatic N) is 1. The molecule has 5 heteroatoms. The normalized spacial score (nSPS) is 16.8. The van der Waals surface area contributed by atoms with Crippen molar-refractivity contribution >= 4 is 8.80 Å². The molecule has 4 nitrogen and oxygen atoms in total. The summed E-state index contributed by atoms with van der Waals surface area (Å²) in [5, 5.41) is 0. The average Bonchev–Trinajstić information content (AvgIpc) is 2.26. The summed E-state index contributed by atoms with van der Waals surface area (Å²) in [4.78, 5) is 2.15. The monoisotopic (exact) mass is 229 g/mol. The number of allylic oxidation sites excluding steroid dienone is 2. The third-order valence-electron chi connectivity index (χ3n) is 2.46. The van der Waals surface area contributed by atoms with Gasteiger partial charge in [0.05, 0.1) is 6.17 Å². The molecule has 1 aliphatic rings. The van der Waals surface area contributed by atoms with E-state index in [1.165, 1.54) is 5.57 Å². The Balaban J connectivity index is 2.60. The molecule has 15 heavy (non-hydrogen) atoms. The molecule has 86 valence electrons. The van der Waals surface area contributed by atoms with Gasteiger partial charge in [-0.25, -0.2) is 0 Å². The van der Waals surface area contributed by atoms with Gasteiger partial charge in [-0.2, -0.15) is 0 Å². The van der Waals surface area contributed by atoms with E-state index in [2.05, 4.69) is 17.9 Å². The minimum Gasteiger partial charge on any atom is -0.376 e. The van der Waals surface area contributed by atoms with Crippen molar-refractivity contribution in [2.45, 2.75) is 6.92 Å². The Morgan fingerprint density at radius 2 is 1.87 bits per heavy atom. The lowest BCUT2D eigenvalue weighted by Crippen LogP contribution is -2.52. The second-order valence-electron chi connectivity index (χ2n) is 3.55. The third kappa shape index (κ3) is 3.17. The van der Waals surface area contributed by atoms with Crippen LogP contribution in [0.1, 0.15) is 6.92 Å². The fourth-order valence-electron chi connectivity index (χ4n) is 1.56. The fourth-order valence-corrected chi connectivity index (χ4v) is 3.16. The first kappa shape index (κ1) is 12.4. The van der Waals surface area contributed by atoms with E-state index in [-0.39, 0.29) is 0 Å². The van der Waals surface area contributed by atoms with Crippen molar-refractivity contribution in [2.24, 2.45) is 0 Å². The minimum absolute atomic E-state index is 0.679. The highest BCUT2D eigenvalue weighted by Crippen LogP contribution is 2.13. The predicted octanol–water partition coefficient (Wildman–Crippen LogP) is 1.18. The predicted molar refractivity (Wildman–Crippen MR) is 61.3 cm³/mol. The van der Waals surface area contributed by atoms with Crippen molar-refractivity contribution in [1.82, 2.24) is 4.90 Å². The molecule has 0 fully saturated rings. The topological polar surface area (TPSA) is 30.9 Å². The Labute approximate surface area is 92.5 Å². The molecular formula is C10H19NO3Si. The first-order valence-electron chi connectivity index (χ1n) is 4.89. The Hall–Kier alpha value is -0.623. The molecule has 0 aromatic rings. The van der Waals surface area contributed by atoms with E-state index < -0.39 is 8.80 Å². The van der Waals surface area contributed by atoms with Gasteiger partial charge < -0.3 is 18.2 Å². The number of rotatable bonds is 5. The van der Waals surface area contributed by atoms with Crippen molar-refractivity contribution in [1.29, 1.82) is 0 Å². The highest BCUT2D eigenvalue weighted by Gasteiger charge is 2.39. The Bertz CT molecular complexity index is 253. The molecule has 0 spiro atoms. The van der Waals surface area contributed by atoms with Crippen molar-refractivity contribution in [3.05, 3.63) is 23.9 Å². The fraction of sp³-hybridized carbons (Fsp3) is 0.600. The van der Waals surface area contributed by atoms with E-state index in [0.29, 0.717) is 6.17 Å². The molecule has 0 aromatic carbocycles. The number of hydrogen-bond donors (Lipinski definition) is 0. The van der Waals surface area contributed by atoms with Crippen LogP contribution in [0.2, 0.25) is 0 Å². The van der Waals surface area contributed by atoms with E-state index >= 15 is 0 Å². The van der Waals surface area contributed by atoms with Crippen LogP contribution in [0.25, 0.3) is 0 Å². The molecule has 0 atom stereocenters. The molecule has 0 bridgehead atoms. The maximum Gasteiger partial charge on any atom is 0.520 e. The van der Waals surface area contributed by atoms with Gasteiger partial charge in [0.1, 0.15) is 0 Å². The summed E-state index contributed by atoms with van der Waals surface area (Å²) in [6, 6.07) is 0. The van der Waals surface area contributed by atoms with Gasteiger partial charge in [-0.3, -0.25) is 0 Å². The van der Waals surface area contributed by atoms with Crippen LogP contribution >= 0.6 is 0 Å². The molecule has 1 heterocycles. The lowest BCUT2D eigenvalue weighted by molar-refractivity contribution is 0.111. The highest BCUT2D eigenvalue weighted by molar-refractivity contribution is 6.60. The zero-order valence-corrected chi connectivity index (χ0v) is 10.8. The van der Waals surface area contributed by atoms with Crippen molar-refractivity contribution < 1.29 is 13.3 Å². The highest BCUT2D eigenvalue weighted by atomic mass is 28.4. The van der Waals surface area contributed by atoms with Crippen LogP contribution in [0.15, 0.2) is 23.9 Å². The van der Waals surface area contributed by atoms with Crippen LogP contribution in [-0.2, 0) is 13.3 Å². The summed E-state index contributed by atoms with van der Waals surface area (Å²) in [5.74, 6) is 0. The van der Waals surface area contributed by atoms with Crippen molar-refractivity contribution in [3.63, 3.8) is 0 Å². The third-order valence-corrected chi connectivity index (χ3v) is 5.12. The second kappa shape index (κ2) is 5.46. The molecule has 0 radical (unpaired) electrons. The van der Waals surface area contributed by atoms with Crippen LogP contribution in [0.3, 0.4) is 0 Å².